The van der Waals surface area contributed by atoms with Crippen molar-refractivity contribution in [3.05, 3.63) is 35.5 Å². The summed E-state index contributed by atoms with van der Waals surface area (Å²) in [6.07, 6.45) is 2.03. The van der Waals surface area contributed by atoms with Crippen molar-refractivity contribution in [1.29, 1.82) is 0 Å². The molecule has 160 valence electrons. The van der Waals surface area contributed by atoms with E-state index in [4.69, 9.17) is 0 Å². The van der Waals surface area contributed by atoms with Crippen LogP contribution in [0.5, 0.6) is 0 Å². The third-order valence-electron chi connectivity index (χ3n) is 6.13. The van der Waals surface area contributed by atoms with Crippen LogP contribution in [0.15, 0.2) is 18.5 Å². The van der Waals surface area contributed by atoms with Crippen LogP contribution >= 0.6 is 0 Å². The highest BCUT2D eigenvalue weighted by Crippen LogP contribution is 2.39. The molecule has 0 unspecified atom stereocenters. The number of halogens is 3. The molecule has 0 aromatic carbocycles. The van der Waals surface area contributed by atoms with Crippen LogP contribution in [-0.2, 0) is 6.18 Å². The highest BCUT2D eigenvalue weighted by atomic mass is 19.4. The maximum atomic E-state index is 13.1. The van der Waals surface area contributed by atoms with E-state index in [1.54, 1.807) is 4.90 Å². The second-order valence-corrected chi connectivity index (χ2v) is 8.40. The highest BCUT2D eigenvalue weighted by molar-refractivity contribution is 5.92. The molecule has 3 heterocycles. The topological polar surface area (TPSA) is 78.0 Å². The zero-order chi connectivity index (χ0) is 20.9. The number of nitrogens with one attached hydrogen (secondary N) is 1. The number of rotatable bonds is 5. The number of hydrogen-bond donors (Lipinski definition) is 1. The third-order valence-corrected chi connectivity index (χ3v) is 6.13. The Balaban J connectivity index is 1.27. The van der Waals surface area contributed by atoms with E-state index in [1.807, 2.05) is 11.0 Å². The van der Waals surface area contributed by atoms with Crippen molar-refractivity contribution in [3.63, 3.8) is 0 Å². The first kappa shape index (κ1) is 19.3. The molecular formula is C20H23F3N6O. The lowest BCUT2D eigenvalue weighted by Gasteiger charge is -2.39. The van der Waals surface area contributed by atoms with E-state index in [0.717, 1.165) is 43.8 Å². The lowest BCUT2D eigenvalue weighted by atomic mass is 10.0. The molecule has 0 radical (unpaired) electrons. The van der Waals surface area contributed by atoms with Crippen LogP contribution in [0.25, 0.3) is 0 Å². The fourth-order valence-electron chi connectivity index (χ4n) is 4.23. The first-order chi connectivity index (χ1) is 14.4. The number of aromatic nitrogens is 4. The number of nitrogens with zero attached hydrogens (tertiary/aromatic N) is 5. The number of piperidine rings is 1. The predicted octanol–water partition coefficient (Wildman–Crippen LogP) is 3.37. The summed E-state index contributed by atoms with van der Waals surface area (Å²) >= 11 is 0. The Kier molecular flexibility index (Phi) is 4.67. The molecule has 2 aromatic rings. The molecule has 10 heteroatoms. The zero-order valence-electron chi connectivity index (χ0n) is 16.4. The lowest BCUT2D eigenvalue weighted by Crippen LogP contribution is -2.48. The van der Waals surface area contributed by atoms with Crippen molar-refractivity contribution in [2.45, 2.75) is 62.7 Å². The van der Waals surface area contributed by atoms with Crippen molar-refractivity contribution in [1.82, 2.24) is 25.1 Å². The summed E-state index contributed by atoms with van der Waals surface area (Å²) in [6, 6.07) is 3.15. The van der Waals surface area contributed by atoms with Gasteiger partial charge in [-0.1, -0.05) is 0 Å². The average Bonchev–Trinajstić information content (AvgIpc) is 3.68. The maximum Gasteiger partial charge on any atom is 0.433 e. The molecule has 2 aromatic heterocycles. The Hall–Kier alpha value is -2.65. The molecule has 1 saturated heterocycles. The van der Waals surface area contributed by atoms with Gasteiger partial charge in [0, 0.05) is 42.9 Å². The molecule has 3 fully saturated rings. The Bertz CT molecular complexity index is 929. The van der Waals surface area contributed by atoms with Crippen LogP contribution in [-0.4, -0.2) is 56.1 Å². The number of carbonyl (C=O) groups excluding carboxylic acids is 1. The Morgan fingerprint density at radius 2 is 1.73 bits per heavy atom. The van der Waals surface area contributed by atoms with Gasteiger partial charge in [-0.25, -0.2) is 9.97 Å². The minimum Gasteiger partial charge on any atom is -0.350 e. The molecule has 0 spiro atoms. The molecule has 2 aliphatic carbocycles. The SMILES string of the molecule is O=C(c1cc(C2CC2)[nH]n1)N1CCC(N(c2cc(C(F)(F)F)ncn2)C2CC2)CC1. The van der Waals surface area contributed by atoms with Crippen molar-refractivity contribution in [3.8, 4) is 0 Å². The Morgan fingerprint density at radius 1 is 1.03 bits per heavy atom. The van der Waals surface area contributed by atoms with Gasteiger partial charge in [0.1, 0.15) is 23.5 Å². The van der Waals surface area contributed by atoms with Crippen molar-refractivity contribution >= 4 is 11.7 Å². The predicted molar refractivity (Wildman–Crippen MR) is 102 cm³/mol. The van der Waals surface area contributed by atoms with E-state index in [-0.39, 0.29) is 18.0 Å². The second-order valence-electron chi connectivity index (χ2n) is 8.40. The summed E-state index contributed by atoms with van der Waals surface area (Å²) in [5, 5.41) is 7.14. The Labute approximate surface area is 171 Å². The molecule has 2 saturated carbocycles. The minimum atomic E-state index is -4.49. The standard InChI is InChI=1S/C20H23F3N6O/c21-20(22,23)17-10-18(25-11-24-17)29(13-3-4-13)14-5-7-28(8-6-14)19(30)16-9-15(26-27-16)12-1-2-12/h9-14H,1-8H2,(H,26,27). The number of H-pyrrole nitrogens is 1. The minimum absolute atomic E-state index is 0.0544. The van der Waals surface area contributed by atoms with Gasteiger partial charge in [0.05, 0.1) is 0 Å². The van der Waals surface area contributed by atoms with Crippen LogP contribution in [0, 0.1) is 0 Å². The van der Waals surface area contributed by atoms with Gasteiger partial charge in [0.2, 0.25) is 0 Å². The fraction of sp³-hybridized carbons (Fsp3) is 0.600. The van der Waals surface area contributed by atoms with Gasteiger partial charge in [-0.05, 0) is 44.6 Å². The lowest BCUT2D eigenvalue weighted by molar-refractivity contribution is -0.141. The Morgan fingerprint density at radius 3 is 2.37 bits per heavy atom. The number of hydrogen-bond acceptors (Lipinski definition) is 5. The number of anilines is 1. The summed E-state index contributed by atoms with van der Waals surface area (Å²) in [7, 11) is 0. The summed E-state index contributed by atoms with van der Waals surface area (Å²) in [4.78, 5) is 24.1. The summed E-state index contributed by atoms with van der Waals surface area (Å²) in [5.74, 6) is 0.744. The van der Waals surface area contributed by atoms with Gasteiger partial charge >= 0.3 is 6.18 Å². The highest BCUT2D eigenvalue weighted by Gasteiger charge is 2.39. The number of alkyl halides is 3. The smallest absolute Gasteiger partial charge is 0.350 e. The van der Waals surface area contributed by atoms with E-state index in [1.165, 1.54) is 0 Å². The van der Waals surface area contributed by atoms with Gasteiger partial charge in [-0.3, -0.25) is 9.89 Å². The van der Waals surface area contributed by atoms with E-state index in [9.17, 15) is 18.0 Å². The molecule has 0 bridgehead atoms. The number of carbonyl (C=O) groups is 1. The van der Waals surface area contributed by atoms with Crippen LogP contribution in [0.3, 0.4) is 0 Å². The molecule has 30 heavy (non-hydrogen) atoms. The van der Waals surface area contributed by atoms with Crippen LogP contribution in [0.4, 0.5) is 19.0 Å². The van der Waals surface area contributed by atoms with E-state index in [0.29, 0.717) is 43.4 Å². The molecular weight excluding hydrogens is 397 g/mol. The molecule has 1 aliphatic heterocycles. The van der Waals surface area contributed by atoms with Gasteiger partial charge in [-0.2, -0.15) is 18.3 Å². The van der Waals surface area contributed by atoms with E-state index >= 15 is 0 Å². The summed E-state index contributed by atoms with van der Waals surface area (Å²) in [5.41, 5.74) is 0.549. The van der Waals surface area contributed by atoms with Crippen LogP contribution in [0.2, 0.25) is 0 Å². The molecule has 5 rings (SSSR count). The molecule has 7 nitrogen and oxygen atoms in total. The zero-order valence-corrected chi connectivity index (χ0v) is 16.4. The van der Waals surface area contributed by atoms with Crippen molar-refractivity contribution < 1.29 is 18.0 Å². The fourth-order valence-corrected chi connectivity index (χ4v) is 4.23. The molecule has 3 aliphatic rings. The van der Waals surface area contributed by atoms with Crippen LogP contribution < -0.4 is 4.90 Å². The van der Waals surface area contributed by atoms with Gasteiger partial charge in [-0.15, -0.1) is 0 Å². The van der Waals surface area contributed by atoms with Crippen LogP contribution in [0.1, 0.15) is 66.3 Å². The number of aromatic amines is 1. The van der Waals surface area contributed by atoms with Crippen molar-refractivity contribution in [2.24, 2.45) is 0 Å². The monoisotopic (exact) mass is 420 g/mol. The first-order valence-corrected chi connectivity index (χ1v) is 10.4. The molecule has 0 atom stereocenters. The quantitative estimate of drug-likeness (QED) is 0.803. The number of amides is 1. The van der Waals surface area contributed by atoms with Crippen molar-refractivity contribution in [2.75, 3.05) is 18.0 Å². The largest absolute Gasteiger partial charge is 0.433 e. The normalized spacial score (nSPS) is 20.4. The van der Waals surface area contributed by atoms with Gasteiger partial charge in [0.15, 0.2) is 0 Å². The first-order valence-electron chi connectivity index (χ1n) is 10.4. The summed E-state index contributed by atoms with van der Waals surface area (Å²) < 4.78 is 39.3. The summed E-state index contributed by atoms with van der Waals surface area (Å²) in [6.45, 7) is 1.10. The average molecular weight is 420 g/mol. The second kappa shape index (κ2) is 7.24. The molecule has 1 N–H and O–H groups in total. The van der Waals surface area contributed by atoms with Gasteiger partial charge in [0.25, 0.3) is 5.91 Å². The maximum absolute atomic E-state index is 13.1. The van der Waals surface area contributed by atoms with E-state index in [2.05, 4.69) is 20.2 Å². The third kappa shape index (κ3) is 3.87. The molecule has 1 amide bonds. The number of likely N-dealkylation sites (tertiary alicyclic amines) is 1. The van der Waals surface area contributed by atoms with E-state index < -0.39 is 11.9 Å². The van der Waals surface area contributed by atoms with Gasteiger partial charge < -0.3 is 9.80 Å².